The number of benzene rings is 1. The van der Waals surface area contributed by atoms with Gasteiger partial charge in [0.1, 0.15) is 5.82 Å². The molecule has 0 atom stereocenters. The Morgan fingerprint density at radius 3 is 2.46 bits per heavy atom. The summed E-state index contributed by atoms with van der Waals surface area (Å²) in [6.45, 7) is 4.51. The third kappa shape index (κ3) is 5.03. The third-order valence-electron chi connectivity index (χ3n) is 6.42. The zero-order valence-corrected chi connectivity index (χ0v) is 19.3. The van der Waals surface area contributed by atoms with Crippen LogP contribution in [0.4, 0.5) is 16.3 Å². The molecule has 35 heavy (non-hydrogen) atoms. The van der Waals surface area contributed by atoms with E-state index in [0.29, 0.717) is 24.7 Å². The van der Waals surface area contributed by atoms with E-state index in [-0.39, 0.29) is 18.5 Å². The van der Waals surface area contributed by atoms with E-state index in [1.54, 1.807) is 24.3 Å². The van der Waals surface area contributed by atoms with Gasteiger partial charge in [0.2, 0.25) is 5.91 Å². The molecule has 0 radical (unpaired) electrons. The Balaban J connectivity index is 1.50. The van der Waals surface area contributed by atoms with Crippen molar-refractivity contribution < 1.29 is 19.4 Å². The number of carboxylic acid groups (broad SMARTS) is 1. The highest BCUT2D eigenvalue weighted by atomic mass is 16.5. The second-order valence-corrected chi connectivity index (χ2v) is 8.78. The van der Waals surface area contributed by atoms with E-state index in [4.69, 9.17) is 30.6 Å². The van der Waals surface area contributed by atoms with Crippen molar-refractivity contribution in [1.29, 1.82) is 0 Å². The van der Waals surface area contributed by atoms with Crippen molar-refractivity contribution >= 4 is 34.5 Å². The topological polar surface area (TPSA) is 152 Å². The Morgan fingerprint density at radius 1 is 1.09 bits per heavy atom. The van der Waals surface area contributed by atoms with Gasteiger partial charge in [-0.15, -0.1) is 0 Å². The van der Waals surface area contributed by atoms with Gasteiger partial charge < -0.3 is 20.5 Å². The number of aromatic nitrogens is 4. The number of nitrogens with one attached hydrogen (secondary N) is 1. The summed E-state index contributed by atoms with van der Waals surface area (Å²) in [6.07, 6.45) is 2.40. The molecule has 5 rings (SSSR count). The maximum absolute atomic E-state index is 11.3. The van der Waals surface area contributed by atoms with Crippen LogP contribution < -0.4 is 16.0 Å². The van der Waals surface area contributed by atoms with Gasteiger partial charge in [-0.25, -0.2) is 19.4 Å². The van der Waals surface area contributed by atoms with Crippen molar-refractivity contribution in [3.05, 3.63) is 30.5 Å². The number of primary amides is 1. The van der Waals surface area contributed by atoms with Gasteiger partial charge >= 0.3 is 6.09 Å². The molecule has 4 heterocycles. The van der Waals surface area contributed by atoms with Gasteiger partial charge in [-0.1, -0.05) is 0 Å². The largest absolute Gasteiger partial charge is 0.465 e. The predicted molar refractivity (Wildman–Crippen MR) is 129 cm³/mol. The molecular formula is C23H28N8O4. The number of anilines is 2. The van der Waals surface area contributed by atoms with Crippen LogP contribution in [0.5, 0.6) is 0 Å². The van der Waals surface area contributed by atoms with Gasteiger partial charge in [0.15, 0.2) is 11.5 Å². The highest BCUT2D eigenvalue weighted by Crippen LogP contribution is 2.32. The van der Waals surface area contributed by atoms with Crippen LogP contribution in [-0.4, -0.2) is 87.7 Å². The minimum absolute atomic E-state index is 0.152. The number of piperidine rings is 1. The molecule has 1 aromatic carbocycles. The minimum atomic E-state index is -1.11. The fraction of sp³-hybridized carbons (Fsp3) is 0.435. The number of carbonyl (C=O) groups is 2. The van der Waals surface area contributed by atoms with Gasteiger partial charge in [0.25, 0.3) is 0 Å². The molecule has 0 bridgehead atoms. The van der Waals surface area contributed by atoms with Crippen molar-refractivity contribution in [1.82, 2.24) is 24.6 Å². The van der Waals surface area contributed by atoms with E-state index >= 15 is 0 Å². The Morgan fingerprint density at radius 2 is 1.80 bits per heavy atom. The molecule has 0 unspecified atom stereocenters. The van der Waals surface area contributed by atoms with E-state index in [1.807, 2.05) is 10.9 Å². The second kappa shape index (κ2) is 9.84. The lowest BCUT2D eigenvalue weighted by Crippen LogP contribution is -2.40. The standard InChI is InChI=1S/C23H28N8O4/c24-19(32)14-29-7-5-17(6-8-29)31-22-18(13-25-31)21(30-9-11-35-12-10-30)27-20(28-22)15-1-3-16(4-2-15)26-23(33)34/h1-4,13,17,26H,5-12,14H2,(H2,24,32)(H,33,34). The van der Waals surface area contributed by atoms with Crippen LogP contribution >= 0.6 is 0 Å². The lowest BCUT2D eigenvalue weighted by molar-refractivity contribution is -0.119. The van der Waals surface area contributed by atoms with Crippen molar-refractivity contribution in [2.45, 2.75) is 18.9 Å². The highest BCUT2D eigenvalue weighted by Gasteiger charge is 2.26. The number of hydrogen-bond acceptors (Lipinski definition) is 8. The van der Waals surface area contributed by atoms with Gasteiger partial charge in [-0.3, -0.25) is 15.0 Å². The summed E-state index contributed by atoms with van der Waals surface area (Å²) in [6, 6.07) is 7.14. The quantitative estimate of drug-likeness (QED) is 0.477. The van der Waals surface area contributed by atoms with Gasteiger partial charge in [-0.2, -0.15) is 5.10 Å². The zero-order valence-electron chi connectivity index (χ0n) is 19.3. The van der Waals surface area contributed by atoms with Crippen LogP contribution in [0.15, 0.2) is 30.5 Å². The summed E-state index contributed by atoms with van der Waals surface area (Å²) >= 11 is 0. The predicted octanol–water partition coefficient (Wildman–Crippen LogP) is 1.54. The first-order chi connectivity index (χ1) is 17.0. The number of likely N-dealkylation sites (tertiary alicyclic amines) is 1. The Kier molecular flexibility index (Phi) is 6.47. The Bertz CT molecular complexity index is 1210. The van der Waals surface area contributed by atoms with Crippen LogP contribution in [0, 0.1) is 0 Å². The van der Waals surface area contributed by atoms with Crippen molar-refractivity contribution in [2.24, 2.45) is 5.73 Å². The molecule has 0 saturated carbocycles. The van der Waals surface area contributed by atoms with Crippen LogP contribution in [0.25, 0.3) is 22.4 Å². The fourth-order valence-electron chi connectivity index (χ4n) is 4.69. The van der Waals surface area contributed by atoms with E-state index in [2.05, 4.69) is 15.1 Å². The molecule has 0 spiro atoms. The SMILES string of the molecule is NC(=O)CN1CCC(n2ncc3c(N4CCOCC4)nc(-c4ccc(NC(=O)O)cc4)nc32)CC1. The molecule has 4 N–H and O–H groups in total. The Hall–Kier alpha value is -3.77. The molecule has 12 heteroatoms. The molecule has 12 nitrogen and oxygen atoms in total. The maximum Gasteiger partial charge on any atom is 0.409 e. The van der Waals surface area contributed by atoms with E-state index in [9.17, 15) is 9.59 Å². The van der Waals surface area contributed by atoms with E-state index < -0.39 is 6.09 Å². The molecule has 2 aliphatic rings. The number of morpholine rings is 1. The maximum atomic E-state index is 11.3. The lowest BCUT2D eigenvalue weighted by Gasteiger charge is -2.31. The van der Waals surface area contributed by atoms with Crippen molar-refractivity contribution in [2.75, 3.05) is 56.2 Å². The molecule has 2 amide bonds. The van der Waals surface area contributed by atoms with Crippen LogP contribution in [0.3, 0.4) is 0 Å². The van der Waals surface area contributed by atoms with Crippen LogP contribution in [0.1, 0.15) is 18.9 Å². The molecule has 2 saturated heterocycles. The van der Waals surface area contributed by atoms with E-state index in [0.717, 1.165) is 61.4 Å². The van der Waals surface area contributed by atoms with Gasteiger partial charge in [0.05, 0.1) is 37.4 Å². The van der Waals surface area contributed by atoms with Crippen molar-refractivity contribution in [3.63, 3.8) is 0 Å². The average Bonchev–Trinajstić information content (AvgIpc) is 3.28. The minimum Gasteiger partial charge on any atom is -0.465 e. The number of fused-ring (bicyclic) bond motifs is 1. The third-order valence-corrected chi connectivity index (χ3v) is 6.42. The number of ether oxygens (including phenoxy) is 1. The molecule has 2 aliphatic heterocycles. The molecule has 2 fully saturated rings. The molecular weight excluding hydrogens is 452 g/mol. The number of hydrogen-bond donors (Lipinski definition) is 3. The summed E-state index contributed by atoms with van der Waals surface area (Å²) in [5.74, 6) is 1.05. The van der Waals surface area contributed by atoms with Gasteiger partial charge in [0, 0.05) is 37.4 Å². The average molecular weight is 481 g/mol. The summed E-state index contributed by atoms with van der Waals surface area (Å²) < 4.78 is 7.51. The molecule has 184 valence electrons. The highest BCUT2D eigenvalue weighted by molar-refractivity contribution is 5.89. The number of nitrogens with zero attached hydrogens (tertiary/aromatic N) is 6. The molecule has 0 aliphatic carbocycles. The Labute approximate surface area is 201 Å². The lowest BCUT2D eigenvalue weighted by atomic mass is 10.1. The summed E-state index contributed by atoms with van der Waals surface area (Å²) in [7, 11) is 0. The van der Waals surface area contributed by atoms with Crippen molar-refractivity contribution in [3.8, 4) is 11.4 Å². The normalized spacial score (nSPS) is 17.5. The summed E-state index contributed by atoms with van der Waals surface area (Å²) in [4.78, 5) is 36.3. The number of carbonyl (C=O) groups excluding carboxylic acids is 1. The fourth-order valence-corrected chi connectivity index (χ4v) is 4.69. The first kappa shape index (κ1) is 23.0. The monoisotopic (exact) mass is 480 g/mol. The van der Waals surface area contributed by atoms with Gasteiger partial charge in [-0.05, 0) is 37.1 Å². The summed E-state index contributed by atoms with van der Waals surface area (Å²) in [5, 5.41) is 16.9. The number of amides is 2. The first-order valence-corrected chi connectivity index (χ1v) is 11.7. The number of rotatable bonds is 6. The molecule has 3 aromatic rings. The zero-order chi connectivity index (χ0) is 24.4. The summed E-state index contributed by atoms with van der Waals surface area (Å²) in [5.41, 5.74) is 7.37. The molecule has 2 aromatic heterocycles. The smallest absolute Gasteiger partial charge is 0.409 e. The van der Waals surface area contributed by atoms with E-state index in [1.165, 1.54) is 0 Å². The number of nitrogens with two attached hydrogens (primary N) is 1. The first-order valence-electron chi connectivity index (χ1n) is 11.7. The second-order valence-electron chi connectivity index (χ2n) is 8.78. The van der Waals surface area contributed by atoms with Crippen LogP contribution in [0.2, 0.25) is 0 Å². The van der Waals surface area contributed by atoms with Crippen LogP contribution in [-0.2, 0) is 9.53 Å².